The van der Waals surface area contributed by atoms with E-state index >= 15 is 0 Å². The number of aromatic nitrogens is 1. The van der Waals surface area contributed by atoms with Gasteiger partial charge in [-0.1, -0.05) is 27.5 Å². The summed E-state index contributed by atoms with van der Waals surface area (Å²) in [5, 5.41) is 11.5. The second-order valence-corrected chi connectivity index (χ2v) is 5.43. The molecule has 2 nitrogen and oxygen atoms in total. The highest BCUT2D eigenvalue weighted by Gasteiger charge is 2.08. The molecule has 2 aromatic carbocycles. The predicted molar refractivity (Wildman–Crippen MR) is 78.1 cm³/mol. The van der Waals surface area contributed by atoms with E-state index in [2.05, 4.69) is 20.9 Å². The van der Waals surface area contributed by atoms with Gasteiger partial charge in [0, 0.05) is 26.0 Å². The van der Waals surface area contributed by atoms with Gasteiger partial charge in [-0.25, -0.2) is 0 Å². The summed E-state index contributed by atoms with van der Waals surface area (Å²) in [6.45, 7) is 0. The zero-order chi connectivity index (χ0) is 12.7. The van der Waals surface area contributed by atoms with Crippen LogP contribution in [0.15, 0.2) is 46.9 Å². The number of nitrogens with one attached hydrogen (secondary N) is 1. The molecule has 0 atom stereocenters. The van der Waals surface area contributed by atoms with Crippen molar-refractivity contribution >= 4 is 38.4 Å². The first-order valence-corrected chi connectivity index (χ1v) is 6.58. The van der Waals surface area contributed by atoms with Crippen LogP contribution in [0.1, 0.15) is 0 Å². The molecule has 0 spiro atoms. The number of hydrogen-bond donors (Lipinski definition) is 2. The second-order valence-electron chi connectivity index (χ2n) is 4.08. The van der Waals surface area contributed by atoms with Gasteiger partial charge < -0.3 is 10.1 Å². The Hall–Kier alpha value is -1.45. The molecular weight excluding hydrogens is 314 g/mol. The van der Waals surface area contributed by atoms with Crippen LogP contribution < -0.4 is 0 Å². The lowest BCUT2D eigenvalue weighted by Gasteiger charge is -2.01. The first-order chi connectivity index (χ1) is 8.63. The van der Waals surface area contributed by atoms with Gasteiger partial charge in [0.1, 0.15) is 5.75 Å². The number of aromatic hydroxyl groups is 1. The van der Waals surface area contributed by atoms with E-state index in [0.29, 0.717) is 5.02 Å². The maximum Gasteiger partial charge on any atom is 0.126 e. The number of fused-ring (bicyclic) bond motifs is 1. The van der Waals surface area contributed by atoms with Crippen LogP contribution in [-0.4, -0.2) is 10.1 Å². The number of hydrogen-bond acceptors (Lipinski definition) is 1. The van der Waals surface area contributed by atoms with E-state index < -0.39 is 0 Å². The standard InChI is InChI=1S/C14H9BrClNO/c15-9-1-4-12-8(5-9)6-13(17-12)11-3-2-10(16)7-14(11)18/h1-7,17-18H. The van der Waals surface area contributed by atoms with Crippen LogP contribution in [0.25, 0.3) is 22.2 Å². The maximum atomic E-state index is 9.91. The minimum atomic E-state index is 0.174. The highest BCUT2D eigenvalue weighted by molar-refractivity contribution is 9.10. The Morgan fingerprint density at radius 2 is 1.89 bits per heavy atom. The van der Waals surface area contributed by atoms with Gasteiger partial charge in [0.15, 0.2) is 0 Å². The van der Waals surface area contributed by atoms with Crippen LogP contribution >= 0.6 is 27.5 Å². The van der Waals surface area contributed by atoms with E-state index in [4.69, 9.17) is 11.6 Å². The van der Waals surface area contributed by atoms with E-state index in [-0.39, 0.29) is 5.75 Å². The minimum Gasteiger partial charge on any atom is -0.507 e. The third kappa shape index (κ3) is 2.00. The van der Waals surface area contributed by atoms with Gasteiger partial charge in [-0.2, -0.15) is 0 Å². The van der Waals surface area contributed by atoms with E-state index in [0.717, 1.165) is 26.6 Å². The summed E-state index contributed by atoms with van der Waals surface area (Å²) >= 11 is 9.27. The third-order valence-corrected chi connectivity index (χ3v) is 3.56. The van der Waals surface area contributed by atoms with Crippen LogP contribution in [-0.2, 0) is 0 Å². The minimum absolute atomic E-state index is 0.174. The first kappa shape index (κ1) is 11.6. The SMILES string of the molecule is Oc1cc(Cl)ccc1-c1cc2cc(Br)ccc2[nH]1. The molecule has 90 valence electrons. The highest BCUT2D eigenvalue weighted by atomic mass is 79.9. The van der Waals surface area contributed by atoms with Crippen molar-refractivity contribution in [3.05, 3.63) is 52.0 Å². The second kappa shape index (κ2) is 4.34. The van der Waals surface area contributed by atoms with Crippen LogP contribution in [0, 0.1) is 0 Å². The van der Waals surface area contributed by atoms with Gasteiger partial charge in [0.05, 0.1) is 5.69 Å². The summed E-state index contributed by atoms with van der Waals surface area (Å²) in [7, 11) is 0. The number of rotatable bonds is 1. The Labute approximate surface area is 117 Å². The fourth-order valence-electron chi connectivity index (χ4n) is 1.98. The quantitative estimate of drug-likeness (QED) is 0.653. The molecule has 0 aliphatic rings. The lowest BCUT2D eigenvalue weighted by atomic mass is 10.1. The molecule has 3 rings (SSSR count). The molecule has 0 aliphatic carbocycles. The molecule has 0 bridgehead atoms. The first-order valence-electron chi connectivity index (χ1n) is 5.40. The van der Waals surface area contributed by atoms with Crippen molar-refractivity contribution in [3.63, 3.8) is 0 Å². The largest absolute Gasteiger partial charge is 0.507 e. The Balaban J connectivity index is 2.19. The lowest BCUT2D eigenvalue weighted by molar-refractivity contribution is 0.477. The van der Waals surface area contributed by atoms with Gasteiger partial charge in [0.25, 0.3) is 0 Å². The molecule has 0 saturated heterocycles. The number of halogens is 2. The van der Waals surface area contributed by atoms with Crippen LogP contribution in [0.2, 0.25) is 5.02 Å². The summed E-state index contributed by atoms with van der Waals surface area (Å²) in [5.41, 5.74) is 2.64. The third-order valence-electron chi connectivity index (χ3n) is 2.83. The summed E-state index contributed by atoms with van der Waals surface area (Å²) < 4.78 is 1.03. The van der Waals surface area contributed by atoms with E-state index in [1.807, 2.05) is 24.3 Å². The molecule has 1 aromatic heterocycles. The van der Waals surface area contributed by atoms with Crippen molar-refractivity contribution in [2.24, 2.45) is 0 Å². The maximum absolute atomic E-state index is 9.91. The van der Waals surface area contributed by atoms with Crippen LogP contribution in [0.5, 0.6) is 5.75 Å². The van der Waals surface area contributed by atoms with Gasteiger partial charge in [-0.3, -0.25) is 0 Å². The molecular formula is C14H9BrClNO. The molecule has 3 aromatic rings. The van der Waals surface area contributed by atoms with Crippen molar-refractivity contribution in [2.45, 2.75) is 0 Å². The molecule has 0 unspecified atom stereocenters. The normalized spacial score (nSPS) is 11.0. The van der Waals surface area contributed by atoms with E-state index in [9.17, 15) is 5.11 Å². The number of aromatic amines is 1. The smallest absolute Gasteiger partial charge is 0.126 e. The van der Waals surface area contributed by atoms with Gasteiger partial charge in [-0.05, 0) is 42.5 Å². The molecule has 0 saturated carbocycles. The summed E-state index contributed by atoms with van der Waals surface area (Å²) in [5.74, 6) is 0.174. The van der Waals surface area contributed by atoms with Crippen molar-refractivity contribution in [1.82, 2.24) is 4.98 Å². The average Bonchev–Trinajstić information content (AvgIpc) is 2.71. The summed E-state index contributed by atoms with van der Waals surface area (Å²) in [6.07, 6.45) is 0. The van der Waals surface area contributed by atoms with Crippen LogP contribution in [0.4, 0.5) is 0 Å². The van der Waals surface area contributed by atoms with Crippen molar-refractivity contribution in [1.29, 1.82) is 0 Å². The Morgan fingerprint density at radius 1 is 1.06 bits per heavy atom. The highest BCUT2D eigenvalue weighted by Crippen LogP contribution is 2.33. The van der Waals surface area contributed by atoms with Gasteiger partial charge in [-0.15, -0.1) is 0 Å². The predicted octanol–water partition coefficient (Wildman–Crippen LogP) is 4.96. The van der Waals surface area contributed by atoms with E-state index in [1.165, 1.54) is 6.07 Å². The Kier molecular flexibility index (Phi) is 2.80. The molecule has 0 aliphatic heterocycles. The Morgan fingerprint density at radius 3 is 2.67 bits per heavy atom. The number of phenolic OH excluding ortho intramolecular Hbond substituents is 1. The van der Waals surface area contributed by atoms with Crippen molar-refractivity contribution < 1.29 is 5.11 Å². The molecule has 0 amide bonds. The number of phenols is 1. The average molecular weight is 323 g/mol. The monoisotopic (exact) mass is 321 g/mol. The summed E-state index contributed by atoms with van der Waals surface area (Å²) in [4.78, 5) is 3.28. The van der Waals surface area contributed by atoms with Crippen molar-refractivity contribution in [2.75, 3.05) is 0 Å². The lowest BCUT2D eigenvalue weighted by Crippen LogP contribution is -1.78. The van der Waals surface area contributed by atoms with Crippen LogP contribution in [0.3, 0.4) is 0 Å². The molecule has 2 N–H and O–H groups in total. The van der Waals surface area contributed by atoms with Crippen molar-refractivity contribution in [3.8, 4) is 17.0 Å². The zero-order valence-electron chi connectivity index (χ0n) is 9.24. The molecule has 0 fully saturated rings. The molecule has 0 radical (unpaired) electrons. The molecule has 4 heteroatoms. The van der Waals surface area contributed by atoms with E-state index in [1.54, 1.807) is 12.1 Å². The van der Waals surface area contributed by atoms with Gasteiger partial charge in [0.2, 0.25) is 0 Å². The number of benzene rings is 2. The topological polar surface area (TPSA) is 36.0 Å². The Bertz CT molecular complexity index is 736. The molecule has 18 heavy (non-hydrogen) atoms. The fraction of sp³-hybridized carbons (Fsp3) is 0. The molecule has 1 heterocycles. The zero-order valence-corrected chi connectivity index (χ0v) is 11.6. The summed E-state index contributed by atoms with van der Waals surface area (Å²) in [6, 6.07) is 13.1. The fourth-order valence-corrected chi connectivity index (χ4v) is 2.53. The number of H-pyrrole nitrogens is 1. The van der Waals surface area contributed by atoms with Gasteiger partial charge >= 0.3 is 0 Å².